The number of likely N-dealkylation sites (N-methyl/N-ethyl adjacent to an activating group) is 1. The van der Waals surface area contributed by atoms with Crippen LogP contribution < -0.4 is 10.1 Å². The smallest absolute Gasteiger partial charge is 0.237 e. The lowest BCUT2D eigenvalue weighted by molar-refractivity contribution is -0.134. The molecule has 0 radical (unpaired) electrons. The minimum Gasteiger partial charge on any atom is -0.494 e. The molecule has 0 bridgehead atoms. The van der Waals surface area contributed by atoms with Gasteiger partial charge in [-0.2, -0.15) is 0 Å². The minimum atomic E-state index is -0.0378. The van der Waals surface area contributed by atoms with Crippen molar-refractivity contribution in [1.82, 2.24) is 15.1 Å². The van der Waals surface area contributed by atoms with Gasteiger partial charge in [0.15, 0.2) is 0 Å². The van der Waals surface area contributed by atoms with Crippen molar-refractivity contribution in [2.45, 2.75) is 52.6 Å². The molecule has 1 heterocycles. The lowest BCUT2D eigenvalue weighted by Gasteiger charge is -2.28. The van der Waals surface area contributed by atoms with Gasteiger partial charge in [-0.15, -0.1) is 0 Å². The van der Waals surface area contributed by atoms with E-state index >= 15 is 0 Å². The Morgan fingerprint density at radius 1 is 1.22 bits per heavy atom. The Balaban J connectivity index is 1.98. The van der Waals surface area contributed by atoms with Gasteiger partial charge in [0, 0.05) is 12.6 Å². The van der Waals surface area contributed by atoms with Crippen molar-refractivity contribution in [3.8, 4) is 5.75 Å². The number of hydrogen-bond acceptors (Lipinski definition) is 4. The zero-order valence-corrected chi connectivity index (χ0v) is 17.0. The number of hydrogen-bond donors (Lipinski definition) is 1. The molecule has 0 saturated carbocycles. The van der Waals surface area contributed by atoms with Gasteiger partial charge in [0.2, 0.25) is 11.8 Å². The van der Waals surface area contributed by atoms with Gasteiger partial charge in [-0.05, 0) is 57.9 Å². The largest absolute Gasteiger partial charge is 0.494 e. The van der Waals surface area contributed by atoms with Crippen LogP contribution in [0, 0.1) is 0 Å². The van der Waals surface area contributed by atoms with Crippen molar-refractivity contribution in [3.05, 3.63) is 29.8 Å². The van der Waals surface area contributed by atoms with Crippen LogP contribution in [0.5, 0.6) is 5.75 Å². The number of nitrogens with zero attached hydrogens (tertiary/aromatic N) is 2. The molecular formula is C21H33N3O3. The first-order valence-electron chi connectivity index (χ1n) is 9.98. The molecule has 1 aliphatic heterocycles. The van der Waals surface area contributed by atoms with E-state index in [1.807, 2.05) is 49.6 Å². The third kappa shape index (κ3) is 6.24. The van der Waals surface area contributed by atoms with E-state index in [9.17, 15) is 9.59 Å². The normalized spacial score (nSPS) is 16.8. The fourth-order valence-corrected chi connectivity index (χ4v) is 3.50. The van der Waals surface area contributed by atoms with Gasteiger partial charge in [-0.3, -0.25) is 14.5 Å². The van der Waals surface area contributed by atoms with E-state index in [-0.39, 0.29) is 37.0 Å². The third-order valence-corrected chi connectivity index (χ3v) is 4.77. The Kier molecular flexibility index (Phi) is 8.10. The lowest BCUT2D eigenvalue weighted by Crippen LogP contribution is -2.45. The molecule has 1 N–H and O–H groups in total. The summed E-state index contributed by atoms with van der Waals surface area (Å²) in [6.07, 6.45) is 1.98. The second kappa shape index (κ2) is 10.3. The topological polar surface area (TPSA) is 61.9 Å². The van der Waals surface area contributed by atoms with Gasteiger partial charge in [0.05, 0.1) is 25.7 Å². The maximum atomic E-state index is 12.9. The highest BCUT2D eigenvalue weighted by Gasteiger charge is 2.30. The minimum absolute atomic E-state index is 0.0378. The molecule has 0 aromatic heterocycles. The highest BCUT2D eigenvalue weighted by atomic mass is 16.5. The molecule has 0 aliphatic carbocycles. The van der Waals surface area contributed by atoms with Crippen molar-refractivity contribution < 1.29 is 14.3 Å². The standard InChI is InChI=1S/C21H33N3O3/c1-5-23(14-20(25)22-16(3)4)15-21(26)24-13-7-8-19(24)17-9-11-18(12-10-17)27-6-2/h9-12,16,19H,5-8,13-15H2,1-4H3,(H,22,25). The van der Waals surface area contributed by atoms with Gasteiger partial charge in [0.1, 0.15) is 5.75 Å². The number of nitrogens with one attached hydrogen (secondary N) is 1. The Labute approximate surface area is 162 Å². The maximum absolute atomic E-state index is 12.9. The zero-order valence-electron chi connectivity index (χ0n) is 17.0. The molecule has 1 saturated heterocycles. The van der Waals surface area contributed by atoms with Crippen LogP contribution in [-0.2, 0) is 9.59 Å². The van der Waals surface area contributed by atoms with E-state index in [0.29, 0.717) is 13.2 Å². The number of carbonyl (C=O) groups excluding carboxylic acids is 2. The molecule has 1 aromatic carbocycles. The summed E-state index contributed by atoms with van der Waals surface area (Å²) < 4.78 is 5.50. The third-order valence-electron chi connectivity index (χ3n) is 4.77. The highest BCUT2D eigenvalue weighted by Crippen LogP contribution is 2.32. The molecule has 1 aromatic rings. The van der Waals surface area contributed by atoms with E-state index in [4.69, 9.17) is 4.74 Å². The summed E-state index contributed by atoms with van der Waals surface area (Å²) in [7, 11) is 0. The SMILES string of the molecule is CCOc1ccc(C2CCCN2C(=O)CN(CC)CC(=O)NC(C)C)cc1. The van der Waals surface area contributed by atoms with Crippen molar-refractivity contribution >= 4 is 11.8 Å². The predicted octanol–water partition coefficient (Wildman–Crippen LogP) is 2.60. The first-order chi connectivity index (χ1) is 12.9. The van der Waals surface area contributed by atoms with Gasteiger partial charge >= 0.3 is 0 Å². The van der Waals surface area contributed by atoms with Crippen LogP contribution in [0.2, 0.25) is 0 Å². The van der Waals surface area contributed by atoms with Crippen molar-refractivity contribution in [3.63, 3.8) is 0 Å². The summed E-state index contributed by atoms with van der Waals surface area (Å²) in [5.41, 5.74) is 1.14. The van der Waals surface area contributed by atoms with Crippen LogP contribution in [0.4, 0.5) is 0 Å². The predicted molar refractivity (Wildman–Crippen MR) is 107 cm³/mol. The number of rotatable bonds is 9. The van der Waals surface area contributed by atoms with Crippen molar-refractivity contribution in [2.75, 3.05) is 32.8 Å². The highest BCUT2D eigenvalue weighted by molar-refractivity contribution is 5.81. The molecule has 150 valence electrons. The Hall–Kier alpha value is -2.08. The van der Waals surface area contributed by atoms with Crippen molar-refractivity contribution in [1.29, 1.82) is 0 Å². The number of ether oxygens (including phenoxy) is 1. The molecule has 6 heteroatoms. The van der Waals surface area contributed by atoms with E-state index < -0.39 is 0 Å². The Morgan fingerprint density at radius 2 is 1.93 bits per heavy atom. The first-order valence-corrected chi connectivity index (χ1v) is 9.98. The molecule has 1 unspecified atom stereocenters. The van der Waals surface area contributed by atoms with E-state index in [1.54, 1.807) is 0 Å². The van der Waals surface area contributed by atoms with E-state index in [1.165, 1.54) is 0 Å². The van der Waals surface area contributed by atoms with E-state index in [2.05, 4.69) is 17.4 Å². The second-order valence-electron chi connectivity index (χ2n) is 7.27. The van der Waals surface area contributed by atoms with Gasteiger partial charge in [-0.25, -0.2) is 0 Å². The van der Waals surface area contributed by atoms with Gasteiger partial charge in [-0.1, -0.05) is 19.1 Å². The number of amides is 2. The molecule has 2 amide bonds. The van der Waals surface area contributed by atoms with E-state index in [0.717, 1.165) is 30.7 Å². The molecule has 6 nitrogen and oxygen atoms in total. The summed E-state index contributed by atoms with van der Waals surface area (Å²) in [6.45, 7) is 10.4. The molecule has 2 rings (SSSR count). The van der Waals surface area contributed by atoms with Crippen LogP contribution in [0.1, 0.15) is 52.1 Å². The van der Waals surface area contributed by atoms with Gasteiger partial charge in [0.25, 0.3) is 0 Å². The number of carbonyl (C=O) groups is 2. The first kappa shape index (κ1) is 21.2. The second-order valence-corrected chi connectivity index (χ2v) is 7.27. The fourth-order valence-electron chi connectivity index (χ4n) is 3.50. The molecular weight excluding hydrogens is 342 g/mol. The summed E-state index contributed by atoms with van der Waals surface area (Å²) in [5.74, 6) is 0.903. The van der Waals surface area contributed by atoms with Crippen LogP contribution >= 0.6 is 0 Å². The summed E-state index contributed by atoms with van der Waals surface area (Å²) in [6, 6.07) is 8.25. The fraction of sp³-hybridized carbons (Fsp3) is 0.619. The summed E-state index contributed by atoms with van der Waals surface area (Å²) in [4.78, 5) is 28.8. The average molecular weight is 376 g/mol. The average Bonchev–Trinajstić information content (AvgIpc) is 3.11. The summed E-state index contributed by atoms with van der Waals surface area (Å²) >= 11 is 0. The Morgan fingerprint density at radius 3 is 2.52 bits per heavy atom. The number of likely N-dealkylation sites (tertiary alicyclic amines) is 1. The summed E-state index contributed by atoms with van der Waals surface area (Å²) in [5, 5.41) is 2.88. The monoisotopic (exact) mass is 375 g/mol. The van der Waals surface area contributed by atoms with Crippen LogP contribution in [0.25, 0.3) is 0 Å². The molecule has 1 aliphatic rings. The zero-order chi connectivity index (χ0) is 19.8. The number of benzene rings is 1. The Bertz CT molecular complexity index is 616. The molecule has 1 atom stereocenters. The quantitative estimate of drug-likeness (QED) is 0.721. The molecule has 0 spiro atoms. The van der Waals surface area contributed by atoms with Gasteiger partial charge < -0.3 is 15.0 Å². The van der Waals surface area contributed by atoms with Crippen LogP contribution in [-0.4, -0.2) is 60.4 Å². The van der Waals surface area contributed by atoms with Crippen LogP contribution in [0.15, 0.2) is 24.3 Å². The molecule has 27 heavy (non-hydrogen) atoms. The molecule has 1 fully saturated rings. The maximum Gasteiger partial charge on any atom is 0.237 e. The van der Waals surface area contributed by atoms with Crippen LogP contribution in [0.3, 0.4) is 0 Å². The van der Waals surface area contributed by atoms with Crippen molar-refractivity contribution in [2.24, 2.45) is 0 Å². The lowest BCUT2D eigenvalue weighted by atomic mass is 10.0.